The second-order valence-corrected chi connectivity index (χ2v) is 8.32. The minimum absolute atomic E-state index is 0.0229. The Balaban J connectivity index is 1.71. The number of hydrogen-bond donors (Lipinski definition) is 1. The van der Waals surface area contributed by atoms with Crippen LogP contribution in [0.1, 0.15) is 18.4 Å². The van der Waals surface area contributed by atoms with E-state index in [9.17, 15) is 13.2 Å². The van der Waals surface area contributed by atoms with Crippen LogP contribution in [0.3, 0.4) is 0 Å². The summed E-state index contributed by atoms with van der Waals surface area (Å²) in [5, 5.41) is 2.91. The van der Waals surface area contributed by atoms with E-state index in [1.165, 1.54) is 16.8 Å². The lowest BCUT2D eigenvalue weighted by Crippen LogP contribution is -2.43. The Morgan fingerprint density at radius 1 is 1.36 bits per heavy atom. The van der Waals surface area contributed by atoms with E-state index in [2.05, 4.69) is 10.3 Å². The molecule has 1 N–H and O–H groups in total. The third-order valence-electron chi connectivity index (χ3n) is 4.33. The highest BCUT2D eigenvalue weighted by molar-refractivity contribution is 7.89. The average molecular weight is 362 g/mol. The Kier molecular flexibility index (Phi) is 4.91. The van der Waals surface area contributed by atoms with E-state index < -0.39 is 10.0 Å². The minimum atomic E-state index is -3.67. The number of hydrogen-bond acceptors (Lipinski definition) is 4. The maximum Gasteiger partial charge on any atom is 0.262 e. The molecule has 0 spiro atoms. The van der Waals surface area contributed by atoms with Gasteiger partial charge in [-0.15, -0.1) is 0 Å². The van der Waals surface area contributed by atoms with Crippen LogP contribution in [0, 0.1) is 12.8 Å². The molecule has 25 heavy (non-hydrogen) atoms. The number of aryl methyl sites for hydroxylation is 2. The van der Waals surface area contributed by atoms with Gasteiger partial charge in [-0.3, -0.25) is 4.79 Å². The number of aromatic nitrogens is 2. The zero-order valence-corrected chi connectivity index (χ0v) is 15.2. The van der Waals surface area contributed by atoms with Gasteiger partial charge in [0.1, 0.15) is 0 Å². The van der Waals surface area contributed by atoms with Crippen molar-refractivity contribution < 1.29 is 13.2 Å². The first-order valence-corrected chi connectivity index (χ1v) is 9.66. The average Bonchev–Trinajstić information content (AvgIpc) is 3.02. The van der Waals surface area contributed by atoms with Crippen molar-refractivity contribution in [2.75, 3.05) is 18.4 Å². The molecule has 134 valence electrons. The first-order chi connectivity index (χ1) is 11.9. The van der Waals surface area contributed by atoms with Gasteiger partial charge in [0.05, 0.1) is 12.2 Å². The zero-order chi connectivity index (χ0) is 18.0. The molecule has 1 atom stereocenters. The minimum Gasteiger partial charge on any atom is -0.339 e. The Morgan fingerprint density at radius 2 is 2.16 bits per heavy atom. The highest BCUT2D eigenvalue weighted by Gasteiger charge is 2.34. The largest absolute Gasteiger partial charge is 0.339 e. The fourth-order valence-electron chi connectivity index (χ4n) is 3.00. The highest BCUT2D eigenvalue weighted by Crippen LogP contribution is 2.24. The lowest BCUT2D eigenvalue weighted by Gasteiger charge is -2.30. The number of sulfonamides is 1. The number of amides is 1. The van der Waals surface area contributed by atoms with Gasteiger partial charge in [-0.2, -0.15) is 4.31 Å². The smallest absolute Gasteiger partial charge is 0.262 e. The number of carbonyl (C=O) groups is 1. The lowest BCUT2D eigenvalue weighted by molar-refractivity contribution is -0.120. The van der Waals surface area contributed by atoms with Crippen molar-refractivity contribution >= 4 is 21.6 Å². The van der Waals surface area contributed by atoms with E-state index in [1.54, 1.807) is 11.6 Å². The summed E-state index contributed by atoms with van der Waals surface area (Å²) < 4.78 is 28.3. The van der Waals surface area contributed by atoms with E-state index >= 15 is 0 Å². The number of anilines is 1. The number of benzene rings is 1. The fourth-order valence-corrected chi connectivity index (χ4v) is 4.49. The Hall–Kier alpha value is -2.19. The van der Waals surface area contributed by atoms with E-state index in [0.29, 0.717) is 19.4 Å². The standard InChI is InChI=1S/C17H22N4O3S/c1-13-5-3-7-15(9-13)19-17(22)14-6-4-8-21(10-14)25(23,24)16-11-20(2)12-18-16/h3,5,7,9,11-12,14H,4,6,8,10H2,1-2H3,(H,19,22)/t14-/m1/s1. The molecule has 1 saturated heterocycles. The van der Waals surface area contributed by atoms with Gasteiger partial charge in [0.25, 0.3) is 10.0 Å². The van der Waals surface area contributed by atoms with Crippen molar-refractivity contribution in [2.45, 2.75) is 24.8 Å². The summed E-state index contributed by atoms with van der Waals surface area (Å²) in [6.07, 6.45) is 4.26. The van der Waals surface area contributed by atoms with Gasteiger partial charge in [0.2, 0.25) is 5.91 Å². The molecule has 2 aromatic rings. The van der Waals surface area contributed by atoms with Crippen LogP contribution in [0.5, 0.6) is 0 Å². The molecule has 1 aliphatic rings. The van der Waals surface area contributed by atoms with Crippen LogP contribution in [-0.4, -0.2) is 41.3 Å². The van der Waals surface area contributed by atoms with E-state index in [-0.39, 0.29) is 23.4 Å². The molecule has 0 radical (unpaired) electrons. The van der Waals surface area contributed by atoms with Crippen LogP contribution >= 0.6 is 0 Å². The number of carbonyl (C=O) groups excluding carboxylic acids is 1. The summed E-state index contributed by atoms with van der Waals surface area (Å²) in [7, 11) is -1.94. The molecule has 0 bridgehead atoms. The predicted molar refractivity (Wildman–Crippen MR) is 94.5 cm³/mol. The topological polar surface area (TPSA) is 84.3 Å². The molecule has 2 heterocycles. The molecular formula is C17H22N4O3S. The molecule has 1 fully saturated rings. The summed E-state index contributed by atoms with van der Waals surface area (Å²) >= 11 is 0. The maximum atomic E-state index is 12.7. The van der Waals surface area contributed by atoms with Crippen molar-refractivity contribution in [3.63, 3.8) is 0 Å². The van der Waals surface area contributed by atoms with E-state index in [4.69, 9.17) is 0 Å². The Morgan fingerprint density at radius 3 is 2.84 bits per heavy atom. The lowest BCUT2D eigenvalue weighted by atomic mass is 9.98. The van der Waals surface area contributed by atoms with Crippen LogP contribution in [-0.2, 0) is 21.9 Å². The first-order valence-electron chi connectivity index (χ1n) is 8.22. The first kappa shape index (κ1) is 17.6. The summed E-state index contributed by atoms with van der Waals surface area (Å²) in [6.45, 7) is 2.54. The number of piperidine rings is 1. The summed E-state index contributed by atoms with van der Waals surface area (Å²) in [5.41, 5.74) is 1.79. The summed E-state index contributed by atoms with van der Waals surface area (Å²) in [5.74, 6) is -0.515. The quantitative estimate of drug-likeness (QED) is 0.898. The van der Waals surface area contributed by atoms with Gasteiger partial charge in [0, 0.05) is 32.0 Å². The molecule has 1 aromatic heterocycles. The van der Waals surface area contributed by atoms with Crippen LogP contribution in [0.25, 0.3) is 0 Å². The third-order valence-corrected chi connectivity index (χ3v) is 6.08. The van der Waals surface area contributed by atoms with Crippen LogP contribution in [0.15, 0.2) is 41.8 Å². The van der Waals surface area contributed by atoms with Gasteiger partial charge in [-0.05, 0) is 37.5 Å². The Labute approximate surface area is 147 Å². The van der Waals surface area contributed by atoms with Crippen molar-refractivity contribution in [2.24, 2.45) is 13.0 Å². The number of nitrogens with one attached hydrogen (secondary N) is 1. The van der Waals surface area contributed by atoms with Crippen molar-refractivity contribution in [1.29, 1.82) is 0 Å². The number of rotatable bonds is 4. The van der Waals surface area contributed by atoms with Crippen molar-refractivity contribution in [1.82, 2.24) is 13.9 Å². The monoisotopic (exact) mass is 362 g/mol. The fraction of sp³-hybridized carbons (Fsp3) is 0.412. The van der Waals surface area contributed by atoms with Gasteiger partial charge in [-0.25, -0.2) is 13.4 Å². The van der Waals surface area contributed by atoms with Crippen LogP contribution in [0.4, 0.5) is 5.69 Å². The van der Waals surface area contributed by atoms with Crippen LogP contribution < -0.4 is 5.32 Å². The van der Waals surface area contributed by atoms with Gasteiger partial charge in [-0.1, -0.05) is 12.1 Å². The maximum absolute atomic E-state index is 12.7. The molecule has 1 amide bonds. The Bertz CT molecular complexity index is 876. The molecule has 1 aromatic carbocycles. The van der Waals surface area contributed by atoms with Gasteiger partial charge < -0.3 is 9.88 Å². The number of nitrogens with zero attached hydrogens (tertiary/aromatic N) is 3. The highest BCUT2D eigenvalue weighted by atomic mass is 32.2. The second kappa shape index (κ2) is 6.97. The molecule has 8 heteroatoms. The number of imidazole rings is 1. The molecule has 1 aliphatic heterocycles. The third kappa shape index (κ3) is 3.91. The molecule has 0 unspecified atom stereocenters. The molecular weight excluding hydrogens is 340 g/mol. The summed E-state index contributed by atoms with van der Waals surface area (Å²) in [6, 6.07) is 7.56. The molecule has 7 nitrogen and oxygen atoms in total. The predicted octanol–water partition coefficient (Wildman–Crippen LogP) is 1.77. The van der Waals surface area contributed by atoms with Crippen LogP contribution in [0.2, 0.25) is 0 Å². The SMILES string of the molecule is Cc1cccc(NC(=O)[C@@H]2CCCN(S(=O)(=O)c3cn(C)cn3)C2)c1. The zero-order valence-electron chi connectivity index (χ0n) is 14.3. The van der Waals surface area contributed by atoms with Gasteiger partial charge >= 0.3 is 0 Å². The molecule has 3 rings (SSSR count). The normalized spacial score (nSPS) is 18.9. The second-order valence-electron chi connectivity index (χ2n) is 6.44. The van der Waals surface area contributed by atoms with Gasteiger partial charge in [0.15, 0.2) is 5.03 Å². The summed E-state index contributed by atoms with van der Waals surface area (Å²) in [4.78, 5) is 16.5. The van der Waals surface area contributed by atoms with Crippen molar-refractivity contribution in [3.05, 3.63) is 42.4 Å². The van der Waals surface area contributed by atoms with Crippen molar-refractivity contribution in [3.8, 4) is 0 Å². The molecule has 0 saturated carbocycles. The molecule has 0 aliphatic carbocycles. The van der Waals surface area contributed by atoms with E-state index in [1.807, 2.05) is 31.2 Å². The van der Waals surface area contributed by atoms with E-state index in [0.717, 1.165) is 11.3 Å².